The van der Waals surface area contributed by atoms with Crippen LogP contribution < -0.4 is 4.74 Å². The van der Waals surface area contributed by atoms with Crippen LogP contribution >= 0.6 is 0 Å². The van der Waals surface area contributed by atoms with Crippen LogP contribution in [0, 0.1) is 0 Å². The predicted octanol–water partition coefficient (Wildman–Crippen LogP) is 4.74. The Morgan fingerprint density at radius 3 is 2.80 bits per heavy atom. The van der Waals surface area contributed by atoms with E-state index in [-0.39, 0.29) is 18.4 Å². The first-order valence-electron chi connectivity index (χ1n) is 11.1. The SMILES string of the molecule is C[C@@H]1CCOCC[C@H](C)n2cc(cn2)-c2nn(C3CCCCO3)c3ccc(cc23)O1. The van der Waals surface area contributed by atoms with Crippen LogP contribution in [0.5, 0.6) is 5.75 Å². The molecule has 1 unspecified atom stereocenters. The second kappa shape index (κ2) is 8.40. The molecule has 0 radical (unpaired) electrons. The fraction of sp³-hybridized carbons (Fsp3) is 0.565. The third-order valence-corrected chi connectivity index (χ3v) is 6.12. The van der Waals surface area contributed by atoms with E-state index in [0.717, 1.165) is 66.6 Å². The average molecular weight is 411 g/mol. The Morgan fingerprint density at radius 1 is 1.03 bits per heavy atom. The molecule has 2 aliphatic rings. The fourth-order valence-electron chi connectivity index (χ4n) is 4.27. The van der Waals surface area contributed by atoms with Gasteiger partial charge in [-0.05, 0) is 57.7 Å². The van der Waals surface area contributed by atoms with Crippen LogP contribution in [-0.2, 0) is 9.47 Å². The Balaban J connectivity index is 1.61. The molecule has 0 N–H and O–H groups in total. The highest BCUT2D eigenvalue weighted by Gasteiger charge is 2.23. The van der Waals surface area contributed by atoms with Gasteiger partial charge in [0.05, 0.1) is 30.5 Å². The van der Waals surface area contributed by atoms with Crippen LogP contribution in [0.25, 0.3) is 22.2 Å². The number of hydrogen-bond donors (Lipinski definition) is 0. The molecule has 4 heterocycles. The van der Waals surface area contributed by atoms with Gasteiger partial charge in [-0.1, -0.05) is 0 Å². The van der Waals surface area contributed by atoms with E-state index in [9.17, 15) is 0 Å². The van der Waals surface area contributed by atoms with E-state index in [1.807, 2.05) is 16.9 Å². The molecule has 1 saturated heterocycles. The van der Waals surface area contributed by atoms with Crippen molar-refractivity contribution in [2.75, 3.05) is 19.8 Å². The topological polar surface area (TPSA) is 63.3 Å². The summed E-state index contributed by atoms with van der Waals surface area (Å²) in [7, 11) is 0. The van der Waals surface area contributed by atoms with E-state index in [0.29, 0.717) is 13.2 Å². The zero-order valence-electron chi connectivity index (χ0n) is 17.8. The molecule has 0 spiro atoms. The van der Waals surface area contributed by atoms with E-state index >= 15 is 0 Å². The van der Waals surface area contributed by atoms with Crippen LogP contribution in [0.2, 0.25) is 0 Å². The second-order valence-corrected chi connectivity index (χ2v) is 8.47. The minimum absolute atomic E-state index is 0.0163. The van der Waals surface area contributed by atoms with E-state index in [1.54, 1.807) is 0 Å². The van der Waals surface area contributed by atoms with Gasteiger partial charge in [-0.3, -0.25) is 4.68 Å². The van der Waals surface area contributed by atoms with Crippen molar-refractivity contribution in [3.05, 3.63) is 30.6 Å². The predicted molar refractivity (Wildman–Crippen MR) is 115 cm³/mol. The Hall–Kier alpha value is -2.38. The van der Waals surface area contributed by atoms with Crippen molar-refractivity contribution in [3.63, 3.8) is 0 Å². The van der Waals surface area contributed by atoms with Crippen molar-refractivity contribution < 1.29 is 14.2 Å². The van der Waals surface area contributed by atoms with E-state index in [2.05, 4.69) is 42.0 Å². The molecule has 3 aromatic rings. The van der Waals surface area contributed by atoms with Crippen LogP contribution in [0.1, 0.15) is 58.2 Å². The highest BCUT2D eigenvalue weighted by molar-refractivity contribution is 5.94. The zero-order valence-corrected chi connectivity index (χ0v) is 17.8. The first-order chi connectivity index (χ1) is 14.7. The molecule has 4 bridgehead atoms. The van der Waals surface area contributed by atoms with Crippen LogP contribution in [0.15, 0.2) is 30.6 Å². The number of aromatic nitrogens is 4. The molecule has 3 atom stereocenters. The molecule has 7 heteroatoms. The molecule has 2 aromatic heterocycles. The van der Waals surface area contributed by atoms with Gasteiger partial charge >= 0.3 is 0 Å². The van der Waals surface area contributed by atoms with Gasteiger partial charge in [-0.25, -0.2) is 4.68 Å². The molecule has 30 heavy (non-hydrogen) atoms. The summed E-state index contributed by atoms with van der Waals surface area (Å²) in [4.78, 5) is 0. The third-order valence-electron chi connectivity index (χ3n) is 6.12. The lowest BCUT2D eigenvalue weighted by Crippen LogP contribution is -2.19. The molecule has 2 aliphatic heterocycles. The lowest BCUT2D eigenvalue weighted by atomic mass is 10.1. The fourth-order valence-corrected chi connectivity index (χ4v) is 4.27. The number of rotatable bonds is 1. The molecule has 0 saturated carbocycles. The number of nitrogens with zero attached hydrogens (tertiary/aromatic N) is 4. The van der Waals surface area contributed by atoms with Gasteiger partial charge in [0.2, 0.25) is 0 Å². The summed E-state index contributed by atoms with van der Waals surface area (Å²) < 4.78 is 22.1. The summed E-state index contributed by atoms with van der Waals surface area (Å²) in [6, 6.07) is 6.51. The summed E-state index contributed by atoms with van der Waals surface area (Å²) >= 11 is 0. The molecule has 1 fully saturated rings. The maximum absolute atomic E-state index is 6.19. The van der Waals surface area contributed by atoms with Crippen molar-refractivity contribution in [1.29, 1.82) is 0 Å². The lowest BCUT2D eigenvalue weighted by Gasteiger charge is -2.23. The molecule has 0 amide bonds. The summed E-state index contributed by atoms with van der Waals surface area (Å²) in [5.41, 5.74) is 3.02. The Morgan fingerprint density at radius 2 is 1.93 bits per heavy atom. The third kappa shape index (κ3) is 3.84. The van der Waals surface area contributed by atoms with Gasteiger partial charge in [-0.2, -0.15) is 10.2 Å². The summed E-state index contributed by atoms with van der Waals surface area (Å²) in [5, 5.41) is 10.7. The van der Waals surface area contributed by atoms with E-state index in [4.69, 9.17) is 19.3 Å². The van der Waals surface area contributed by atoms with Crippen molar-refractivity contribution in [3.8, 4) is 17.0 Å². The minimum Gasteiger partial charge on any atom is -0.491 e. The van der Waals surface area contributed by atoms with Gasteiger partial charge in [0.25, 0.3) is 0 Å². The molecule has 160 valence electrons. The van der Waals surface area contributed by atoms with Crippen LogP contribution in [0.3, 0.4) is 0 Å². The van der Waals surface area contributed by atoms with Gasteiger partial charge in [0.15, 0.2) is 6.23 Å². The number of ether oxygens (including phenoxy) is 3. The quantitative estimate of drug-likeness (QED) is 0.580. The minimum atomic E-state index is -0.0163. The zero-order chi connectivity index (χ0) is 20.5. The molecule has 1 aromatic carbocycles. The summed E-state index contributed by atoms with van der Waals surface area (Å²) in [6.45, 7) is 6.47. The number of hydrogen-bond acceptors (Lipinski definition) is 5. The van der Waals surface area contributed by atoms with Crippen molar-refractivity contribution >= 4 is 10.9 Å². The van der Waals surface area contributed by atoms with E-state index < -0.39 is 0 Å². The second-order valence-electron chi connectivity index (χ2n) is 8.47. The average Bonchev–Trinajstić information content (AvgIpc) is 3.38. The molecule has 7 nitrogen and oxygen atoms in total. The Labute approximate surface area is 176 Å². The Kier molecular flexibility index (Phi) is 5.48. The normalized spacial score (nSPS) is 25.6. The van der Waals surface area contributed by atoms with Gasteiger partial charge < -0.3 is 14.2 Å². The van der Waals surface area contributed by atoms with Crippen LogP contribution in [0.4, 0.5) is 0 Å². The highest BCUT2D eigenvalue weighted by Crippen LogP contribution is 2.35. The Bertz CT molecular complexity index is 1010. The maximum Gasteiger partial charge on any atom is 0.150 e. The standard InChI is InChI=1S/C23H30N4O3/c1-16-8-11-28-12-9-17(2)30-19-6-7-21-20(13-19)23(18-14-24-26(16)15-18)25-27(21)22-5-3-4-10-29-22/h6-7,13-17,22H,3-5,8-12H2,1-2H3/t16-,17+,22?/m0/s1. The molecule has 0 aliphatic carbocycles. The highest BCUT2D eigenvalue weighted by atomic mass is 16.5. The van der Waals surface area contributed by atoms with Crippen molar-refractivity contribution in [2.45, 2.75) is 64.3 Å². The van der Waals surface area contributed by atoms with Crippen LogP contribution in [-0.4, -0.2) is 45.5 Å². The summed E-state index contributed by atoms with van der Waals surface area (Å²) in [5.74, 6) is 0.857. The maximum atomic E-state index is 6.19. The van der Waals surface area contributed by atoms with Gasteiger partial charge in [-0.15, -0.1) is 0 Å². The first kappa shape index (κ1) is 19.6. The largest absolute Gasteiger partial charge is 0.491 e. The summed E-state index contributed by atoms with van der Waals surface area (Å²) in [6.07, 6.45) is 9.13. The smallest absolute Gasteiger partial charge is 0.150 e. The van der Waals surface area contributed by atoms with Crippen molar-refractivity contribution in [1.82, 2.24) is 19.6 Å². The van der Waals surface area contributed by atoms with E-state index in [1.165, 1.54) is 0 Å². The lowest BCUT2D eigenvalue weighted by molar-refractivity contribution is -0.0365. The monoisotopic (exact) mass is 410 g/mol. The van der Waals surface area contributed by atoms with Gasteiger partial charge in [0, 0.05) is 36.8 Å². The molecule has 5 rings (SSSR count). The van der Waals surface area contributed by atoms with Gasteiger partial charge in [0.1, 0.15) is 11.4 Å². The number of benzene rings is 1. The van der Waals surface area contributed by atoms with Crippen molar-refractivity contribution in [2.24, 2.45) is 0 Å². The number of fused-ring (bicyclic) bond motifs is 4. The first-order valence-corrected chi connectivity index (χ1v) is 11.1. The molecular formula is C23H30N4O3. The molecular weight excluding hydrogens is 380 g/mol.